The average Bonchev–Trinajstić information content (AvgIpc) is 3.68. The molecule has 1 fully saturated rings. The first-order valence-electron chi connectivity index (χ1n) is 36.2. The van der Waals surface area contributed by atoms with Crippen LogP contribution in [-0.2, 0) is 28.9 Å². The van der Waals surface area contributed by atoms with E-state index in [0.29, 0.717) is 12.8 Å². The van der Waals surface area contributed by atoms with Crippen LogP contribution in [0.1, 0.15) is 367 Å². The van der Waals surface area contributed by atoms with Crippen molar-refractivity contribution in [2.75, 3.05) is 13.2 Å². The van der Waals surface area contributed by atoms with Crippen molar-refractivity contribution in [3.63, 3.8) is 0 Å². The van der Waals surface area contributed by atoms with Crippen molar-refractivity contribution in [1.29, 1.82) is 0 Å². The van der Waals surface area contributed by atoms with Crippen LogP contribution in [0, 0.1) is 0 Å². The maximum atomic E-state index is 13.2. The van der Waals surface area contributed by atoms with Gasteiger partial charge < -0.3 is 35.2 Å². The van der Waals surface area contributed by atoms with Gasteiger partial charge in [-0.05, 0) is 44.9 Å². The molecule has 84 heavy (non-hydrogen) atoms. The van der Waals surface area contributed by atoms with Gasteiger partial charge in [-0.1, -0.05) is 340 Å². The van der Waals surface area contributed by atoms with Crippen molar-refractivity contribution in [1.82, 2.24) is 5.32 Å². The van der Waals surface area contributed by atoms with Crippen LogP contribution in [0.4, 0.5) is 0 Å². The van der Waals surface area contributed by atoms with Crippen LogP contribution < -0.4 is 5.32 Å². The first-order valence-corrected chi connectivity index (χ1v) is 37.6. The number of aliphatic hydroxyl groups excluding tert-OH is 4. The van der Waals surface area contributed by atoms with Crippen molar-refractivity contribution in [3.8, 4) is 0 Å². The van der Waals surface area contributed by atoms with Crippen LogP contribution >= 0.6 is 0 Å². The van der Waals surface area contributed by atoms with Crippen molar-refractivity contribution < 1.29 is 51.8 Å². The number of amides is 1. The topological polar surface area (TPSA) is 192 Å². The number of aliphatic hydroxyl groups is 4. The summed E-state index contributed by atoms with van der Waals surface area (Å²) in [5, 5.41) is 45.3. The predicted octanol–water partition coefficient (Wildman–Crippen LogP) is 19.1. The molecule has 1 saturated heterocycles. The molecule has 0 aromatic carbocycles. The number of hydrogen-bond acceptors (Lipinski definition) is 10. The number of hydrogen-bond donors (Lipinski definition) is 6. The van der Waals surface area contributed by atoms with Crippen LogP contribution in [0.15, 0.2) is 24.3 Å². The first kappa shape index (κ1) is 80.6. The molecule has 498 valence electrons. The van der Waals surface area contributed by atoms with E-state index < -0.39 is 59.9 Å². The minimum Gasteiger partial charge on any atom is -0.394 e. The molecule has 12 nitrogen and oxygen atoms in total. The molecule has 0 spiro atoms. The van der Waals surface area contributed by atoms with E-state index in [4.69, 9.17) is 9.47 Å². The van der Waals surface area contributed by atoms with Gasteiger partial charge in [0.25, 0.3) is 0 Å². The molecular formula is C71H137NO11S. The van der Waals surface area contributed by atoms with Crippen LogP contribution in [0.2, 0.25) is 0 Å². The molecule has 7 atom stereocenters. The molecule has 0 radical (unpaired) electrons. The smallest absolute Gasteiger partial charge is 0.394 e. The molecule has 6 N–H and O–H groups in total. The van der Waals surface area contributed by atoms with Crippen LogP contribution in [0.25, 0.3) is 0 Å². The second kappa shape index (κ2) is 60.5. The Morgan fingerprint density at radius 2 is 0.798 bits per heavy atom. The summed E-state index contributed by atoms with van der Waals surface area (Å²) in [5.41, 5.74) is 0. The van der Waals surface area contributed by atoms with Crippen molar-refractivity contribution in [2.24, 2.45) is 0 Å². The molecule has 7 unspecified atom stereocenters. The van der Waals surface area contributed by atoms with Gasteiger partial charge in [0.1, 0.15) is 24.4 Å². The number of allylic oxidation sites excluding steroid dienone is 4. The molecule has 1 rings (SSSR count). The summed E-state index contributed by atoms with van der Waals surface area (Å²) in [4.78, 5) is 13.2. The summed E-state index contributed by atoms with van der Waals surface area (Å²) >= 11 is 0. The Morgan fingerprint density at radius 1 is 0.476 bits per heavy atom. The number of carbonyl (C=O) groups is 1. The Bertz CT molecular complexity index is 1570. The van der Waals surface area contributed by atoms with Crippen molar-refractivity contribution in [2.45, 2.75) is 410 Å². The Labute approximate surface area is 518 Å². The third-order valence-corrected chi connectivity index (χ3v) is 18.0. The average molecular weight is 1210 g/mol. The first-order chi connectivity index (χ1) is 41.0. The predicted molar refractivity (Wildman–Crippen MR) is 352 cm³/mol. The van der Waals surface area contributed by atoms with Gasteiger partial charge in [-0.15, -0.1) is 0 Å². The van der Waals surface area contributed by atoms with Gasteiger partial charge in [0.05, 0.1) is 25.4 Å². The minimum absolute atomic E-state index is 0.223. The molecule has 0 aromatic heterocycles. The summed E-state index contributed by atoms with van der Waals surface area (Å²) in [5.74, 6) is -0.223. The number of nitrogens with one attached hydrogen (secondary N) is 1. The van der Waals surface area contributed by atoms with E-state index in [1.807, 2.05) is 0 Å². The largest absolute Gasteiger partial charge is 0.397 e. The van der Waals surface area contributed by atoms with Gasteiger partial charge >= 0.3 is 10.4 Å². The molecule has 1 amide bonds. The Kier molecular flexibility index (Phi) is 58.0. The summed E-state index contributed by atoms with van der Waals surface area (Å²) in [6.45, 7) is 3.52. The van der Waals surface area contributed by atoms with Gasteiger partial charge in [0.15, 0.2) is 6.29 Å². The van der Waals surface area contributed by atoms with E-state index in [9.17, 15) is 38.2 Å². The standard InChI is InChI=1S/C71H137NO11S/c1-3-5-7-9-11-13-15-17-19-21-23-25-26-27-28-29-30-31-32-33-34-35-36-37-38-39-40-41-43-45-47-49-51-53-55-57-59-61-67(75)72-64(63-81-71-69(77)70(83-84(78,79)80)68(76)66(62-73)82-71)65(74)60-58-56-54-52-50-48-46-44-42-24-22-20-18-16-14-12-10-8-6-4-2/h28-29,31-32,64-66,68-71,73-74,76-77H,3-27,30,33-63H2,1-2H3,(H,72,75)(H,78,79,80)/b29-28-,32-31-. The number of rotatable bonds is 65. The molecule has 1 aliphatic heterocycles. The van der Waals surface area contributed by atoms with E-state index in [1.54, 1.807) is 0 Å². The highest BCUT2D eigenvalue weighted by molar-refractivity contribution is 7.80. The Balaban J connectivity index is 2.17. The zero-order valence-electron chi connectivity index (χ0n) is 54.7. The van der Waals surface area contributed by atoms with E-state index in [0.717, 1.165) is 57.8 Å². The Hall–Kier alpha value is -1.42. The zero-order valence-corrected chi connectivity index (χ0v) is 55.6. The molecule has 0 aliphatic carbocycles. The highest BCUT2D eigenvalue weighted by atomic mass is 32.3. The number of unbranched alkanes of at least 4 members (excludes halogenated alkanes) is 49. The molecule has 13 heteroatoms. The monoisotopic (exact) mass is 1210 g/mol. The van der Waals surface area contributed by atoms with Crippen molar-refractivity contribution in [3.05, 3.63) is 24.3 Å². The Morgan fingerprint density at radius 3 is 1.13 bits per heavy atom. The number of carbonyl (C=O) groups excluding carboxylic acids is 1. The molecule has 0 saturated carbocycles. The van der Waals surface area contributed by atoms with Gasteiger partial charge in [-0.3, -0.25) is 9.35 Å². The maximum absolute atomic E-state index is 13.2. The SMILES string of the molecule is CCCCCCCCCCCCCCC/C=C\C/C=C\CCCCCCCCCCCCCCCCCCCC(=O)NC(COC1OC(CO)C(O)C(OS(=O)(=O)O)C1O)C(O)CCCCCCCCCCCCCCCCCCCCCC. The lowest BCUT2D eigenvalue weighted by Crippen LogP contribution is -2.61. The van der Waals surface area contributed by atoms with Crippen LogP contribution in [0.5, 0.6) is 0 Å². The lowest BCUT2D eigenvalue weighted by Gasteiger charge is -2.41. The molecular weight excluding hydrogens is 1070 g/mol. The highest BCUT2D eigenvalue weighted by Gasteiger charge is 2.48. The fourth-order valence-electron chi connectivity index (χ4n) is 12.0. The van der Waals surface area contributed by atoms with Crippen molar-refractivity contribution >= 4 is 16.3 Å². The second-order valence-corrected chi connectivity index (χ2v) is 26.6. The zero-order chi connectivity index (χ0) is 61.1. The lowest BCUT2D eigenvalue weighted by atomic mass is 9.99. The van der Waals surface area contributed by atoms with Crippen LogP contribution in [0.3, 0.4) is 0 Å². The van der Waals surface area contributed by atoms with Gasteiger partial charge in [-0.2, -0.15) is 8.42 Å². The molecule has 0 bridgehead atoms. The minimum atomic E-state index is -5.08. The van der Waals surface area contributed by atoms with Crippen LogP contribution in [-0.4, -0.2) is 95.4 Å². The van der Waals surface area contributed by atoms with Gasteiger partial charge in [0.2, 0.25) is 5.91 Å². The third kappa shape index (κ3) is 51.5. The van der Waals surface area contributed by atoms with E-state index >= 15 is 0 Å². The van der Waals surface area contributed by atoms with E-state index in [2.05, 4.69) is 47.7 Å². The summed E-state index contributed by atoms with van der Waals surface area (Å²) in [6.07, 6.45) is 69.4. The van der Waals surface area contributed by atoms with Gasteiger partial charge in [0, 0.05) is 6.42 Å². The molecule has 0 aromatic rings. The fourth-order valence-corrected chi connectivity index (χ4v) is 12.5. The van der Waals surface area contributed by atoms with E-state index in [1.165, 1.54) is 283 Å². The highest BCUT2D eigenvalue weighted by Crippen LogP contribution is 2.27. The summed E-state index contributed by atoms with van der Waals surface area (Å²) in [6, 6.07) is -0.858. The second-order valence-electron chi connectivity index (χ2n) is 25.5. The maximum Gasteiger partial charge on any atom is 0.397 e. The number of ether oxygens (including phenoxy) is 2. The van der Waals surface area contributed by atoms with E-state index in [-0.39, 0.29) is 12.5 Å². The third-order valence-electron chi connectivity index (χ3n) is 17.5. The lowest BCUT2D eigenvalue weighted by molar-refractivity contribution is -0.298. The molecule has 1 aliphatic rings. The fraction of sp³-hybridized carbons (Fsp3) is 0.930. The normalized spacial score (nSPS) is 18.4. The van der Waals surface area contributed by atoms with Gasteiger partial charge in [-0.25, -0.2) is 4.18 Å². The molecule has 1 heterocycles. The summed E-state index contributed by atoms with van der Waals surface area (Å²) < 4.78 is 48.1. The summed E-state index contributed by atoms with van der Waals surface area (Å²) in [7, 11) is -5.08. The quantitative estimate of drug-likeness (QED) is 0.0193.